The number of hydrogen-bond donors (Lipinski definition) is 1. The van der Waals surface area contributed by atoms with E-state index in [1.54, 1.807) is 0 Å². The summed E-state index contributed by atoms with van der Waals surface area (Å²) in [4.78, 5) is 11.1. The van der Waals surface area contributed by atoms with Crippen LogP contribution in [0.2, 0.25) is 0 Å². The van der Waals surface area contributed by atoms with E-state index < -0.39 is 0 Å². The maximum Gasteiger partial charge on any atom is 0.165 e. The second-order valence-corrected chi connectivity index (χ2v) is 12.2. The first kappa shape index (κ1) is 25.6. The van der Waals surface area contributed by atoms with Gasteiger partial charge in [0.05, 0.1) is 5.70 Å². The van der Waals surface area contributed by atoms with Gasteiger partial charge in [0, 0.05) is 30.1 Å². The van der Waals surface area contributed by atoms with E-state index in [-0.39, 0.29) is 5.41 Å². The van der Waals surface area contributed by atoms with Gasteiger partial charge < -0.3 is 10.2 Å². The minimum Gasteiger partial charge on any atom is -0.387 e. The molecule has 0 fully saturated rings. The van der Waals surface area contributed by atoms with Crippen LogP contribution in [0.5, 0.6) is 5.75 Å². The Labute approximate surface area is 253 Å². The molecule has 3 aliphatic heterocycles. The van der Waals surface area contributed by atoms with Gasteiger partial charge in [0.1, 0.15) is 5.84 Å². The van der Waals surface area contributed by atoms with E-state index in [4.69, 9.17) is 9.83 Å². The number of nitrogens with one attached hydrogen (secondary N) is 1. The number of hydroxylamine groups is 2. The number of amidine groups is 1. The van der Waals surface area contributed by atoms with E-state index >= 15 is 0 Å². The van der Waals surface area contributed by atoms with Crippen molar-refractivity contribution in [2.75, 3.05) is 6.54 Å². The van der Waals surface area contributed by atoms with Gasteiger partial charge in [0.15, 0.2) is 5.75 Å². The molecule has 0 atom stereocenters. The lowest BCUT2D eigenvalue weighted by Crippen LogP contribution is -2.31. The van der Waals surface area contributed by atoms with Crippen LogP contribution in [0, 0.1) is 0 Å². The van der Waals surface area contributed by atoms with Crippen molar-refractivity contribution in [2.45, 2.75) is 32.1 Å². The highest BCUT2D eigenvalue weighted by atomic mass is 16.7. The molecule has 0 bridgehead atoms. The van der Waals surface area contributed by atoms with Gasteiger partial charge in [-0.25, -0.2) is 4.99 Å². The van der Waals surface area contributed by atoms with Crippen LogP contribution in [0.15, 0.2) is 121 Å². The van der Waals surface area contributed by atoms with Crippen molar-refractivity contribution in [1.29, 1.82) is 0 Å². The summed E-state index contributed by atoms with van der Waals surface area (Å²) in [5.41, 5.74) is 14.5. The molecule has 8 rings (SSSR count). The minimum absolute atomic E-state index is 0.0858. The number of dihydropyridines is 1. The monoisotopic (exact) mass is 559 g/mol. The van der Waals surface area contributed by atoms with Crippen LogP contribution >= 0.6 is 0 Å². The van der Waals surface area contributed by atoms with Crippen LogP contribution in [0.3, 0.4) is 0 Å². The molecule has 1 aliphatic carbocycles. The van der Waals surface area contributed by atoms with Crippen LogP contribution in [-0.2, 0) is 5.41 Å². The zero-order valence-electron chi connectivity index (χ0n) is 24.5. The summed E-state index contributed by atoms with van der Waals surface area (Å²) < 4.78 is 0. The molecule has 1 N–H and O–H groups in total. The third-order valence-corrected chi connectivity index (χ3v) is 9.20. The molecule has 4 aromatic carbocycles. The highest BCUT2D eigenvalue weighted by Gasteiger charge is 2.36. The van der Waals surface area contributed by atoms with Gasteiger partial charge in [-0.3, -0.25) is 0 Å². The van der Waals surface area contributed by atoms with Crippen molar-refractivity contribution in [3.8, 4) is 28.0 Å². The van der Waals surface area contributed by atoms with E-state index in [1.165, 1.54) is 55.7 Å². The Morgan fingerprint density at radius 2 is 1.53 bits per heavy atom. The smallest absolute Gasteiger partial charge is 0.165 e. The van der Waals surface area contributed by atoms with Crippen LogP contribution in [0.1, 0.15) is 54.5 Å². The van der Waals surface area contributed by atoms with Gasteiger partial charge in [0.2, 0.25) is 0 Å². The molecule has 4 nitrogen and oxygen atoms in total. The fourth-order valence-electron chi connectivity index (χ4n) is 6.81. The summed E-state index contributed by atoms with van der Waals surface area (Å²) in [6, 6.07) is 30.8. The number of allylic oxidation sites excluding steroid dienone is 3. The predicted octanol–water partition coefficient (Wildman–Crippen LogP) is 8.97. The summed E-state index contributed by atoms with van der Waals surface area (Å²) in [5.74, 6) is 1.66. The van der Waals surface area contributed by atoms with Crippen molar-refractivity contribution >= 4 is 22.7 Å². The summed E-state index contributed by atoms with van der Waals surface area (Å²) in [5, 5.41) is 5.08. The Kier molecular flexibility index (Phi) is 5.80. The quantitative estimate of drug-likeness (QED) is 0.272. The molecule has 4 aromatic rings. The van der Waals surface area contributed by atoms with Crippen molar-refractivity contribution in [2.24, 2.45) is 4.99 Å². The molecule has 0 saturated heterocycles. The lowest BCUT2D eigenvalue weighted by molar-refractivity contribution is 0.0686. The van der Waals surface area contributed by atoms with Crippen molar-refractivity contribution in [1.82, 2.24) is 10.4 Å². The van der Waals surface area contributed by atoms with Crippen LogP contribution < -0.4 is 10.2 Å². The Hall–Kier alpha value is -5.09. The first-order chi connectivity index (χ1) is 21.0. The van der Waals surface area contributed by atoms with Crippen molar-refractivity contribution < 1.29 is 4.84 Å². The molecule has 0 saturated carbocycles. The lowest BCUT2D eigenvalue weighted by Gasteiger charge is -2.26. The molecule has 0 amide bonds. The Bertz CT molecular complexity index is 1950. The Morgan fingerprint density at radius 1 is 0.791 bits per heavy atom. The normalized spacial score (nSPS) is 17.7. The number of para-hydroxylation sites is 1. The molecule has 43 heavy (non-hydrogen) atoms. The van der Waals surface area contributed by atoms with Gasteiger partial charge >= 0.3 is 0 Å². The summed E-state index contributed by atoms with van der Waals surface area (Å²) >= 11 is 0. The van der Waals surface area contributed by atoms with Crippen molar-refractivity contribution in [3.63, 3.8) is 0 Å². The van der Waals surface area contributed by atoms with Crippen molar-refractivity contribution in [3.05, 3.63) is 144 Å². The fraction of sp³-hybridized carbons (Fsp3) is 0.154. The fourth-order valence-corrected chi connectivity index (χ4v) is 6.81. The molecule has 0 unspecified atom stereocenters. The average molecular weight is 560 g/mol. The number of fused-ring (bicyclic) bond motifs is 5. The number of benzene rings is 4. The molecule has 4 heteroatoms. The minimum atomic E-state index is -0.0858. The van der Waals surface area contributed by atoms with E-state index in [0.717, 1.165) is 42.2 Å². The third-order valence-electron chi connectivity index (χ3n) is 9.20. The molecule has 0 radical (unpaired) electrons. The zero-order valence-corrected chi connectivity index (χ0v) is 24.5. The number of rotatable bonds is 3. The maximum absolute atomic E-state index is 6.30. The lowest BCUT2D eigenvalue weighted by atomic mass is 9.80. The Balaban J connectivity index is 1.12. The summed E-state index contributed by atoms with van der Waals surface area (Å²) in [7, 11) is 0. The van der Waals surface area contributed by atoms with Crippen LogP contribution in [0.4, 0.5) is 0 Å². The standard InChI is InChI=1S/C39H33N3O/c1-25-32-9-4-5-10-37(32)43-42-24-31(13-16-38(42)41-25)28-8-6-7-27(21-28)30-12-15-34-33-14-11-29(26-17-19-40-20-18-26)22-35(33)39(2,3)36(34)23-30/h4-12,14-15,17-19,21-24,40H,1,13,16,20H2,2-3H3. The van der Waals surface area contributed by atoms with E-state index in [2.05, 4.69) is 105 Å². The van der Waals surface area contributed by atoms with Gasteiger partial charge in [-0.1, -0.05) is 81.1 Å². The molecular formula is C39H33N3O. The van der Waals surface area contributed by atoms with Gasteiger partial charge in [0.25, 0.3) is 0 Å². The molecule has 0 aromatic heterocycles. The molecule has 210 valence electrons. The summed E-state index contributed by atoms with van der Waals surface area (Å²) in [6.07, 6.45) is 10.2. The largest absolute Gasteiger partial charge is 0.387 e. The topological polar surface area (TPSA) is 36.9 Å². The SMILES string of the molecule is C=C1N=C2CCC(c3cccc(-c4ccc5c(c4)C(C)(C)c4cc(C6=CCNC=C6)ccc4-5)c3)=CN2Oc2ccccc21. The number of aliphatic imine (C=N–C) groups is 1. The molecule has 4 aliphatic rings. The first-order valence-corrected chi connectivity index (χ1v) is 15.0. The second-order valence-electron chi connectivity index (χ2n) is 12.2. The molecule has 3 heterocycles. The highest BCUT2D eigenvalue weighted by Crippen LogP contribution is 2.50. The van der Waals surface area contributed by atoms with Crippen LogP contribution in [-0.4, -0.2) is 17.4 Å². The van der Waals surface area contributed by atoms with Gasteiger partial charge in [-0.2, -0.15) is 5.06 Å². The van der Waals surface area contributed by atoms with E-state index in [1.807, 2.05) is 35.5 Å². The zero-order chi connectivity index (χ0) is 29.1. The average Bonchev–Trinajstić information content (AvgIpc) is 3.17. The number of hydrogen-bond acceptors (Lipinski definition) is 4. The van der Waals surface area contributed by atoms with Gasteiger partial charge in [-0.15, -0.1) is 0 Å². The van der Waals surface area contributed by atoms with E-state index in [0.29, 0.717) is 0 Å². The van der Waals surface area contributed by atoms with Gasteiger partial charge in [-0.05, 0) is 105 Å². The van der Waals surface area contributed by atoms with E-state index in [9.17, 15) is 0 Å². The molecule has 0 spiro atoms. The third kappa shape index (κ3) is 4.25. The first-order valence-electron chi connectivity index (χ1n) is 15.0. The predicted molar refractivity (Wildman–Crippen MR) is 177 cm³/mol. The summed E-state index contributed by atoms with van der Waals surface area (Å²) in [6.45, 7) is 9.76. The second kappa shape index (κ2) is 9.74. The van der Waals surface area contributed by atoms with Crippen LogP contribution in [0.25, 0.3) is 39.1 Å². The highest BCUT2D eigenvalue weighted by molar-refractivity contribution is 5.94. The molecular weight excluding hydrogens is 526 g/mol. The number of nitrogens with zero attached hydrogens (tertiary/aromatic N) is 2. The maximum atomic E-state index is 6.30. The Morgan fingerprint density at radius 3 is 2.35 bits per heavy atom.